The smallest absolute Gasteiger partial charge is 0.310 e. The van der Waals surface area contributed by atoms with E-state index in [0.717, 1.165) is 64.2 Å². The van der Waals surface area contributed by atoms with Crippen molar-refractivity contribution in [3.05, 3.63) is 0 Å². The Kier molecular flexibility index (Phi) is 4.08. The quantitative estimate of drug-likeness (QED) is 0.730. The van der Waals surface area contributed by atoms with Crippen molar-refractivity contribution in [1.29, 1.82) is 0 Å². The van der Waals surface area contributed by atoms with Gasteiger partial charge in [0.2, 0.25) is 0 Å². The van der Waals surface area contributed by atoms with Gasteiger partial charge in [-0.3, -0.25) is 4.79 Å². The molecule has 0 amide bonds. The normalized spacial score (nSPS) is 33.9. The van der Waals surface area contributed by atoms with Gasteiger partial charge < -0.3 is 10.2 Å². The fourth-order valence-corrected chi connectivity index (χ4v) is 3.86. The van der Waals surface area contributed by atoms with Crippen molar-refractivity contribution in [1.82, 2.24) is 0 Å². The SMILES string of the molecule is O=C(O)C1(C2CCCCC2O)CCCCCC1. The summed E-state index contributed by atoms with van der Waals surface area (Å²) in [5, 5.41) is 19.8. The lowest BCUT2D eigenvalue weighted by molar-refractivity contribution is -0.159. The third kappa shape index (κ3) is 2.49. The first kappa shape index (κ1) is 12.9. The van der Waals surface area contributed by atoms with E-state index < -0.39 is 17.5 Å². The average molecular weight is 240 g/mol. The Morgan fingerprint density at radius 3 is 2.06 bits per heavy atom. The third-order valence-corrected chi connectivity index (χ3v) is 4.86. The number of carboxylic acids is 1. The fraction of sp³-hybridized carbons (Fsp3) is 0.929. The van der Waals surface area contributed by atoms with Crippen molar-refractivity contribution in [2.75, 3.05) is 0 Å². The zero-order chi connectivity index (χ0) is 12.3. The first-order chi connectivity index (χ1) is 8.17. The standard InChI is InChI=1S/C14H24O3/c15-12-8-4-3-7-11(12)14(13(16)17)9-5-1-2-6-10-14/h11-12,15H,1-10H2,(H,16,17). The van der Waals surface area contributed by atoms with Crippen LogP contribution in [-0.2, 0) is 4.79 Å². The number of aliphatic carboxylic acids is 1. The zero-order valence-electron chi connectivity index (χ0n) is 10.5. The van der Waals surface area contributed by atoms with Crippen molar-refractivity contribution >= 4 is 5.97 Å². The summed E-state index contributed by atoms with van der Waals surface area (Å²) in [6.45, 7) is 0. The summed E-state index contributed by atoms with van der Waals surface area (Å²) in [5.41, 5.74) is -0.629. The van der Waals surface area contributed by atoms with Gasteiger partial charge in [0, 0.05) is 5.92 Å². The molecule has 2 saturated carbocycles. The highest BCUT2D eigenvalue weighted by Crippen LogP contribution is 2.47. The van der Waals surface area contributed by atoms with Crippen LogP contribution < -0.4 is 0 Å². The Morgan fingerprint density at radius 1 is 0.941 bits per heavy atom. The molecule has 0 radical (unpaired) electrons. The molecule has 2 aliphatic rings. The summed E-state index contributed by atoms with van der Waals surface area (Å²) in [4.78, 5) is 11.8. The highest BCUT2D eigenvalue weighted by Gasteiger charge is 2.48. The van der Waals surface area contributed by atoms with Crippen LogP contribution >= 0.6 is 0 Å². The van der Waals surface area contributed by atoms with E-state index in [-0.39, 0.29) is 5.92 Å². The Hall–Kier alpha value is -0.570. The number of aliphatic hydroxyl groups excluding tert-OH is 1. The van der Waals surface area contributed by atoms with E-state index in [1.165, 1.54) is 0 Å². The van der Waals surface area contributed by atoms with Gasteiger partial charge in [0.1, 0.15) is 0 Å². The number of carbonyl (C=O) groups is 1. The second kappa shape index (κ2) is 5.38. The lowest BCUT2D eigenvalue weighted by Gasteiger charge is -2.41. The van der Waals surface area contributed by atoms with E-state index in [4.69, 9.17) is 0 Å². The molecule has 0 spiro atoms. The lowest BCUT2D eigenvalue weighted by Crippen LogP contribution is -2.45. The summed E-state index contributed by atoms with van der Waals surface area (Å²) < 4.78 is 0. The monoisotopic (exact) mass is 240 g/mol. The molecular weight excluding hydrogens is 216 g/mol. The average Bonchev–Trinajstić information content (AvgIpc) is 2.56. The van der Waals surface area contributed by atoms with E-state index >= 15 is 0 Å². The number of aliphatic hydroxyl groups is 1. The summed E-state index contributed by atoms with van der Waals surface area (Å²) in [5.74, 6) is -0.669. The van der Waals surface area contributed by atoms with Crippen LogP contribution in [0.4, 0.5) is 0 Å². The van der Waals surface area contributed by atoms with E-state index in [1.54, 1.807) is 0 Å². The molecule has 0 bridgehead atoms. The van der Waals surface area contributed by atoms with Crippen LogP contribution in [0.5, 0.6) is 0 Å². The Labute approximate surface area is 103 Å². The second-order valence-electron chi connectivity index (χ2n) is 5.83. The largest absolute Gasteiger partial charge is 0.481 e. The van der Waals surface area contributed by atoms with Crippen molar-refractivity contribution in [3.63, 3.8) is 0 Å². The second-order valence-corrected chi connectivity index (χ2v) is 5.83. The minimum Gasteiger partial charge on any atom is -0.481 e. The van der Waals surface area contributed by atoms with Gasteiger partial charge in [0.15, 0.2) is 0 Å². The maximum absolute atomic E-state index is 11.8. The van der Waals surface area contributed by atoms with Gasteiger partial charge in [-0.15, -0.1) is 0 Å². The van der Waals surface area contributed by atoms with Gasteiger partial charge in [0.25, 0.3) is 0 Å². The molecule has 0 aliphatic heterocycles. The number of rotatable bonds is 2. The summed E-state index contributed by atoms with van der Waals surface area (Å²) >= 11 is 0. The minimum absolute atomic E-state index is 0.00755. The van der Waals surface area contributed by atoms with Crippen molar-refractivity contribution < 1.29 is 15.0 Å². The first-order valence-corrected chi connectivity index (χ1v) is 7.08. The molecular formula is C14H24O3. The first-order valence-electron chi connectivity index (χ1n) is 7.08. The molecule has 2 fully saturated rings. The lowest BCUT2D eigenvalue weighted by atomic mass is 9.63. The summed E-state index contributed by atoms with van der Waals surface area (Å²) in [6.07, 6.45) is 9.28. The van der Waals surface area contributed by atoms with E-state index in [9.17, 15) is 15.0 Å². The predicted octanol–water partition coefficient (Wildman–Crippen LogP) is 2.96. The molecule has 98 valence electrons. The maximum Gasteiger partial charge on any atom is 0.310 e. The molecule has 3 nitrogen and oxygen atoms in total. The molecule has 0 saturated heterocycles. The minimum atomic E-state index is -0.662. The number of hydrogen-bond donors (Lipinski definition) is 2. The fourth-order valence-electron chi connectivity index (χ4n) is 3.86. The maximum atomic E-state index is 11.8. The Bertz CT molecular complexity index is 267. The van der Waals surface area contributed by atoms with Crippen LogP contribution in [0.25, 0.3) is 0 Å². The Morgan fingerprint density at radius 2 is 1.53 bits per heavy atom. The van der Waals surface area contributed by atoms with Crippen LogP contribution in [-0.4, -0.2) is 22.3 Å². The van der Waals surface area contributed by atoms with E-state index in [2.05, 4.69) is 0 Å². The topological polar surface area (TPSA) is 57.5 Å². The zero-order valence-corrected chi connectivity index (χ0v) is 10.5. The Balaban J connectivity index is 2.21. The molecule has 2 N–H and O–H groups in total. The van der Waals surface area contributed by atoms with Gasteiger partial charge in [-0.1, -0.05) is 38.5 Å². The number of hydrogen-bond acceptors (Lipinski definition) is 2. The van der Waals surface area contributed by atoms with Crippen LogP contribution in [0.15, 0.2) is 0 Å². The van der Waals surface area contributed by atoms with E-state index in [1.807, 2.05) is 0 Å². The highest BCUT2D eigenvalue weighted by atomic mass is 16.4. The van der Waals surface area contributed by atoms with Crippen LogP contribution in [0.2, 0.25) is 0 Å². The molecule has 2 atom stereocenters. The third-order valence-electron chi connectivity index (χ3n) is 4.86. The van der Waals surface area contributed by atoms with Gasteiger partial charge >= 0.3 is 5.97 Å². The van der Waals surface area contributed by atoms with Gasteiger partial charge in [-0.25, -0.2) is 0 Å². The van der Waals surface area contributed by atoms with Crippen LogP contribution in [0.3, 0.4) is 0 Å². The molecule has 2 rings (SSSR count). The predicted molar refractivity (Wildman–Crippen MR) is 65.7 cm³/mol. The summed E-state index contributed by atoms with van der Waals surface area (Å²) in [7, 11) is 0. The molecule has 3 heteroatoms. The van der Waals surface area contributed by atoms with Crippen LogP contribution in [0.1, 0.15) is 64.2 Å². The molecule has 0 aromatic rings. The molecule has 2 unspecified atom stereocenters. The molecule has 0 aromatic heterocycles. The molecule has 0 heterocycles. The highest BCUT2D eigenvalue weighted by molar-refractivity contribution is 5.75. The molecule has 0 aromatic carbocycles. The van der Waals surface area contributed by atoms with Crippen molar-refractivity contribution in [2.45, 2.75) is 70.3 Å². The van der Waals surface area contributed by atoms with Crippen LogP contribution in [0, 0.1) is 11.3 Å². The van der Waals surface area contributed by atoms with Gasteiger partial charge in [-0.2, -0.15) is 0 Å². The van der Waals surface area contributed by atoms with Crippen molar-refractivity contribution in [2.24, 2.45) is 11.3 Å². The van der Waals surface area contributed by atoms with Gasteiger partial charge in [-0.05, 0) is 25.7 Å². The van der Waals surface area contributed by atoms with Gasteiger partial charge in [0.05, 0.1) is 11.5 Å². The van der Waals surface area contributed by atoms with Crippen molar-refractivity contribution in [3.8, 4) is 0 Å². The summed E-state index contributed by atoms with van der Waals surface area (Å²) in [6, 6.07) is 0. The molecule has 2 aliphatic carbocycles. The molecule has 17 heavy (non-hydrogen) atoms. The van der Waals surface area contributed by atoms with E-state index in [0.29, 0.717) is 0 Å². The number of carboxylic acid groups (broad SMARTS) is 1.